The molecule has 1 amide bonds. The molecule has 3 unspecified atom stereocenters. The Morgan fingerprint density at radius 3 is 2.74 bits per heavy atom. The van der Waals surface area contributed by atoms with Crippen molar-refractivity contribution in [1.82, 2.24) is 10.2 Å². The predicted octanol–water partition coefficient (Wildman–Crippen LogP) is 1.55. The van der Waals surface area contributed by atoms with Gasteiger partial charge in [-0.15, -0.1) is 11.8 Å². The summed E-state index contributed by atoms with van der Waals surface area (Å²) in [4.78, 5) is 16.1. The van der Waals surface area contributed by atoms with E-state index in [1.54, 1.807) is 0 Å². The Hall–Kier alpha value is -1.00. The molecule has 2 fully saturated rings. The summed E-state index contributed by atoms with van der Waals surface area (Å²) in [6.07, 6.45) is 0. The molecule has 1 aromatic rings. The van der Waals surface area contributed by atoms with Gasteiger partial charge in [-0.1, -0.05) is 18.2 Å². The highest BCUT2D eigenvalue weighted by molar-refractivity contribution is 7.99. The first-order valence-corrected chi connectivity index (χ1v) is 8.02. The van der Waals surface area contributed by atoms with Gasteiger partial charge in [-0.2, -0.15) is 0 Å². The lowest BCUT2D eigenvalue weighted by atomic mass is 10.00. The molecule has 1 N–H and O–H groups in total. The third kappa shape index (κ3) is 1.89. The van der Waals surface area contributed by atoms with Crippen molar-refractivity contribution in [2.45, 2.75) is 10.8 Å². The van der Waals surface area contributed by atoms with Crippen molar-refractivity contribution >= 4 is 17.7 Å². The summed E-state index contributed by atoms with van der Waals surface area (Å²) in [5.41, 5.74) is 1.24. The van der Waals surface area contributed by atoms with Gasteiger partial charge < -0.3 is 10.2 Å². The van der Waals surface area contributed by atoms with Crippen molar-refractivity contribution in [3.8, 4) is 0 Å². The van der Waals surface area contributed by atoms with E-state index in [1.165, 1.54) is 10.5 Å². The summed E-state index contributed by atoms with van der Waals surface area (Å²) in [6.45, 7) is 4.09. The Morgan fingerprint density at radius 1 is 1.21 bits per heavy atom. The fourth-order valence-corrected chi connectivity index (χ4v) is 4.84. The van der Waals surface area contributed by atoms with Gasteiger partial charge in [0.05, 0.1) is 5.92 Å². The lowest BCUT2D eigenvalue weighted by Crippen LogP contribution is -2.35. The van der Waals surface area contributed by atoms with Crippen LogP contribution in [0.2, 0.25) is 0 Å². The number of likely N-dealkylation sites (tertiary alicyclic amines) is 1. The van der Waals surface area contributed by atoms with Crippen LogP contribution in [0.25, 0.3) is 0 Å². The first kappa shape index (κ1) is 11.8. The molecule has 1 aromatic carbocycles. The van der Waals surface area contributed by atoms with Crippen LogP contribution in [0.5, 0.6) is 0 Å². The largest absolute Gasteiger partial charge is 0.341 e. The number of carbonyl (C=O) groups is 1. The molecule has 100 valence electrons. The zero-order valence-electron chi connectivity index (χ0n) is 10.8. The van der Waals surface area contributed by atoms with E-state index in [0.29, 0.717) is 17.7 Å². The van der Waals surface area contributed by atoms with E-state index in [2.05, 4.69) is 28.4 Å². The molecule has 19 heavy (non-hydrogen) atoms. The Morgan fingerprint density at radius 2 is 1.95 bits per heavy atom. The van der Waals surface area contributed by atoms with Crippen molar-refractivity contribution < 1.29 is 4.79 Å². The van der Waals surface area contributed by atoms with Gasteiger partial charge in [0, 0.05) is 36.8 Å². The van der Waals surface area contributed by atoms with Crippen LogP contribution in [-0.4, -0.2) is 42.7 Å². The molecule has 0 aromatic heterocycles. The quantitative estimate of drug-likeness (QED) is 0.843. The standard InChI is InChI=1S/C15H18N2OS/c18-15(17-7-10-5-16-6-11(10)8-17)13-9-19-14-4-2-1-3-12(13)14/h1-4,10-11,13,16H,5-9H2. The zero-order chi connectivity index (χ0) is 12.8. The van der Waals surface area contributed by atoms with Crippen LogP contribution in [0.4, 0.5) is 0 Å². The maximum Gasteiger partial charge on any atom is 0.231 e. The molecule has 3 aliphatic heterocycles. The summed E-state index contributed by atoms with van der Waals surface area (Å²) in [5, 5.41) is 3.43. The molecule has 3 heterocycles. The number of hydrogen-bond donors (Lipinski definition) is 1. The minimum atomic E-state index is 0.0907. The van der Waals surface area contributed by atoms with Gasteiger partial charge in [0.2, 0.25) is 5.91 Å². The summed E-state index contributed by atoms with van der Waals surface area (Å²) in [5.74, 6) is 2.74. The van der Waals surface area contributed by atoms with Gasteiger partial charge in [-0.3, -0.25) is 4.79 Å². The Labute approximate surface area is 117 Å². The van der Waals surface area contributed by atoms with Gasteiger partial charge >= 0.3 is 0 Å². The van der Waals surface area contributed by atoms with Crippen LogP contribution in [0.3, 0.4) is 0 Å². The summed E-state index contributed by atoms with van der Waals surface area (Å²) < 4.78 is 0. The maximum absolute atomic E-state index is 12.7. The average molecular weight is 274 g/mol. The van der Waals surface area contributed by atoms with E-state index in [-0.39, 0.29) is 5.92 Å². The van der Waals surface area contributed by atoms with Crippen LogP contribution >= 0.6 is 11.8 Å². The zero-order valence-corrected chi connectivity index (χ0v) is 11.7. The predicted molar refractivity (Wildman–Crippen MR) is 76.3 cm³/mol. The molecule has 4 heteroatoms. The van der Waals surface area contributed by atoms with Crippen molar-refractivity contribution in [1.29, 1.82) is 0 Å². The highest BCUT2D eigenvalue weighted by Gasteiger charge is 2.41. The van der Waals surface area contributed by atoms with Crippen LogP contribution in [0.15, 0.2) is 29.2 Å². The van der Waals surface area contributed by atoms with Crippen LogP contribution < -0.4 is 5.32 Å². The van der Waals surface area contributed by atoms with Crippen molar-refractivity contribution in [2.75, 3.05) is 31.9 Å². The van der Waals surface area contributed by atoms with E-state index < -0.39 is 0 Å². The van der Waals surface area contributed by atoms with E-state index in [4.69, 9.17) is 0 Å². The fourth-order valence-electron chi connectivity index (χ4n) is 3.62. The van der Waals surface area contributed by atoms with Gasteiger partial charge in [-0.05, 0) is 23.5 Å². The number of rotatable bonds is 1. The second-order valence-electron chi connectivity index (χ2n) is 5.82. The SMILES string of the molecule is O=C(C1CSc2ccccc21)N1CC2CNCC2C1. The van der Waals surface area contributed by atoms with Crippen molar-refractivity contribution in [3.05, 3.63) is 29.8 Å². The molecule has 0 aliphatic carbocycles. The minimum absolute atomic E-state index is 0.0907. The molecule has 2 saturated heterocycles. The number of nitrogens with zero attached hydrogens (tertiary/aromatic N) is 1. The van der Waals surface area contributed by atoms with Crippen molar-refractivity contribution in [3.63, 3.8) is 0 Å². The summed E-state index contributed by atoms with van der Waals surface area (Å²) >= 11 is 1.82. The number of amides is 1. The Balaban J connectivity index is 1.53. The molecule has 0 bridgehead atoms. The molecule has 0 radical (unpaired) electrons. The first-order chi connectivity index (χ1) is 9.33. The van der Waals surface area contributed by atoms with E-state index in [9.17, 15) is 4.79 Å². The lowest BCUT2D eigenvalue weighted by Gasteiger charge is -2.21. The average Bonchev–Trinajstić information content (AvgIpc) is 3.11. The molecule has 0 saturated carbocycles. The topological polar surface area (TPSA) is 32.3 Å². The van der Waals surface area contributed by atoms with E-state index in [1.807, 2.05) is 17.8 Å². The third-order valence-electron chi connectivity index (χ3n) is 4.70. The normalized spacial score (nSPS) is 32.4. The van der Waals surface area contributed by atoms with Crippen molar-refractivity contribution in [2.24, 2.45) is 11.8 Å². The number of thioether (sulfide) groups is 1. The van der Waals surface area contributed by atoms with Crippen LogP contribution in [-0.2, 0) is 4.79 Å². The van der Waals surface area contributed by atoms with Crippen LogP contribution in [0.1, 0.15) is 11.5 Å². The smallest absolute Gasteiger partial charge is 0.231 e. The third-order valence-corrected chi connectivity index (χ3v) is 5.88. The maximum atomic E-state index is 12.7. The molecule has 3 nitrogen and oxygen atoms in total. The van der Waals surface area contributed by atoms with Gasteiger partial charge in [0.25, 0.3) is 0 Å². The summed E-state index contributed by atoms with van der Waals surface area (Å²) in [6, 6.07) is 8.37. The number of hydrogen-bond acceptors (Lipinski definition) is 3. The molecular formula is C15H18N2OS. The van der Waals surface area contributed by atoms with Gasteiger partial charge in [-0.25, -0.2) is 0 Å². The monoisotopic (exact) mass is 274 g/mol. The van der Waals surface area contributed by atoms with Gasteiger partial charge in [0.1, 0.15) is 0 Å². The second-order valence-corrected chi connectivity index (χ2v) is 6.88. The summed E-state index contributed by atoms with van der Waals surface area (Å²) in [7, 11) is 0. The molecule has 3 aliphatic rings. The van der Waals surface area contributed by atoms with Crippen LogP contribution in [0, 0.1) is 11.8 Å². The number of carbonyl (C=O) groups excluding carboxylic acids is 1. The second kappa shape index (κ2) is 4.53. The molecule has 0 spiro atoms. The molecular weight excluding hydrogens is 256 g/mol. The Kier molecular flexibility index (Phi) is 2.81. The van der Waals surface area contributed by atoms with E-state index in [0.717, 1.165) is 31.9 Å². The van der Waals surface area contributed by atoms with E-state index >= 15 is 0 Å². The minimum Gasteiger partial charge on any atom is -0.341 e. The molecule has 3 atom stereocenters. The lowest BCUT2D eigenvalue weighted by molar-refractivity contribution is -0.131. The highest BCUT2D eigenvalue weighted by atomic mass is 32.2. The Bertz CT molecular complexity index is 507. The number of nitrogens with one attached hydrogen (secondary N) is 1. The first-order valence-electron chi connectivity index (χ1n) is 7.04. The fraction of sp³-hybridized carbons (Fsp3) is 0.533. The number of fused-ring (bicyclic) bond motifs is 2. The highest BCUT2D eigenvalue weighted by Crippen LogP contribution is 2.41. The molecule has 4 rings (SSSR count). The van der Waals surface area contributed by atoms with Gasteiger partial charge in [0.15, 0.2) is 0 Å². The number of benzene rings is 1.